The topological polar surface area (TPSA) is 52.4 Å². The van der Waals surface area contributed by atoms with Gasteiger partial charge >= 0.3 is 5.69 Å². The third-order valence-corrected chi connectivity index (χ3v) is 5.26. The Morgan fingerprint density at radius 1 is 1.50 bits per heavy atom. The summed E-state index contributed by atoms with van der Waals surface area (Å²) in [6.07, 6.45) is 0.889. The molecule has 4 nitrogen and oxygen atoms in total. The lowest BCUT2D eigenvalue weighted by Crippen LogP contribution is -2.53. The number of nitrogens with zero attached hydrogens (tertiary/aromatic N) is 1. The first-order chi connectivity index (χ1) is 8.34. The Hall–Kier alpha value is -1.10. The molecule has 1 aromatic carbocycles. The molecule has 5 heteroatoms. The van der Waals surface area contributed by atoms with E-state index in [0.29, 0.717) is 16.1 Å². The average molecular weight is 314 g/mol. The van der Waals surface area contributed by atoms with Crippen LogP contribution in [0.25, 0.3) is 0 Å². The molecule has 0 heterocycles. The van der Waals surface area contributed by atoms with E-state index >= 15 is 0 Å². The monoisotopic (exact) mass is 313 g/mol. The van der Waals surface area contributed by atoms with E-state index < -0.39 is 0 Å². The smallest absolute Gasteiger partial charge is 0.313 e. The van der Waals surface area contributed by atoms with Crippen molar-refractivity contribution >= 4 is 21.6 Å². The number of nitro benzene ring substituents is 1. The summed E-state index contributed by atoms with van der Waals surface area (Å²) in [6.45, 7) is 5.93. The summed E-state index contributed by atoms with van der Waals surface area (Å²) >= 11 is 3.58. The van der Waals surface area contributed by atoms with Crippen LogP contribution in [0, 0.1) is 22.5 Å². The van der Waals surface area contributed by atoms with Gasteiger partial charge in [-0.25, -0.2) is 0 Å². The first-order valence-corrected chi connectivity index (χ1v) is 6.80. The van der Waals surface area contributed by atoms with Crippen LogP contribution in [-0.2, 0) is 0 Å². The van der Waals surface area contributed by atoms with Gasteiger partial charge in [0.1, 0.15) is 6.10 Å². The van der Waals surface area contributed by atoms with E-state index in [1.165, 1.54) is 0 Å². The summed E-state index contributed by atoms with van der Waals surface area (Å²) in [6, 6.07) is 5.18. The largest absolute Gasteiger partial charge is 0.483 e. The third kappa shape index (κ3) is 2.11. The number of para-hydroxylation sites is 1. The van der Waals surface area contributed by atoms with E-state index in [1.54, 1.807) is 25.1 Å². The normalized spacial score (nSPS) is 25.3. The van der Waals surface area contributed by atoms with Crippen molar-refractivity contribution in [2.45, 2.75) is 38.1 Å². The van der Waals surface area contributed by atoms with Crippen LogP contribution in [0.1, 0.15) is 25.8 Å². The highest BCUT2D eigenvalue weighted by atomic mass is 79.9. The third-order valence-electron chi connectivity index (χ3n) is 3.71. The molecule has 0 N–H and O–H groups in total. The maximum atomic E-state index is 11.1. The summed E-state index contributed by atoms with van der Waals surface area (Å²) in [5.74, 6) is 0.373. The molecule has 0 radical (unpaired) electrons. The molecule has 18 heavy (non-hydrogen) atoms. The van der Waals surface area contributed by atoms with Crippen molar-refractivity contribution in [2.24, 2.45) is 5.41 Å². The van der Waals surface area contributed by atoms with Crippen LogP contribution >= 0.6 is 15.9 Å². The van der Waals surface area contributed by atoms with Crippen molar-refractivity contribution in [1.82, 2.24) is 0 Å². The summed E-state index contributed by atoms with van der Waals surface area (Å²) in [4.78, 5) is 11.1. The minimum atomic E-state index is -0.373. The first-order valence-electron chi connectivity index (χ1n) is 5.88. The van der Waals surface area contributed by atoms with E-state index in [0.717, 1.165) is 6.42 Å². The van der Waals surface area contributed by atoms with E-state index in [4.69, 9.17) is 4.74 Å². The summed E-state index contributed by atoms with van der Waals surface area (Å²) in [7, 11) is 0. The number of aryl methyl sites for hydroxylation is 1. The van der Waals surface area contributed by atoms with Crippen molar-refractivity contribution in [3.63, 3.8) is 0 Å². The Kier molecular flexibility index (Phi) is 3.36. The van der Waals surface area contributed by atoms with Gasteiger partial charge in [0.15, 0.2) is 5.75 Å². The summed E-state index contributed by atoms with van der Waals surface area (Å²) in [5.41, 5.74) is 0.703. The van der Waals surface area contributed by atoms with Gasteiger partial charge < -0.3 is 4.74 Å². The lowest BCUT2D eigenvalue weighted by molar-refractivity contribution is -0.386. The fourth-order valence-electron chi connectivity index (χ4n) is 2.15. The van der Waals surface area contributed by atoms with E-state index in [2.05, 4.69) is 29.8 Å². The Labute approximate surface area is 115 Å². The second kappa shape index (κ2) is 4.53. The second-order valence-corrected chi connectivity index (χ2v) is 6.42. The van der Waals surface area contributed by atoms with Crippen LogP contribution in [0.15, 0.2) is 18.2 Å². The molecule has 1 saturated carbocycles. The zero-order chi connectivity index (χ0) is 13.5. The molecule has 1 fully saturated rings. The van der Waals surface area contributed by atoms with Crippen LogP contribution in [0.5, 0.6) is 5.75 Å². The van der Waals surface area contributed by atoms with Crippen LogP contribution in [-0.4, -0.2) is 15.9 Å². The van der Waals surface area contributed by atoms with Gasteiger partial charge in [0.2, 0.25) is 0 Å². The molecule has 0 bridgehead atoms. The quantitative estimate of drug-likeness (QED) is 0.484. The summed E-state index contributed by atoms with van der Waals surface area (Å²) in [5, 5.41) is 11.1. The molecule has 1 aliphatic carbocycles. The molecule has 1 aromatic rings. The van der Waals surface area contributed by atoms with Crippen molar-refractivity contribution < 1.29 is 9.66 Å². The van der Waals surface area contributed by atoms with Gasteiger partial charge in [-0.05, 0) is 19.4 Å². The second-order valence-electron chi connectivity index (χ2n) is 5.31. The molecule has 0 spiro atoms. The standard InChI is InChI=1S/C13H16BrNO3/c1-8-5-4-6-9(12(8)15(16)17)18-11-7-10(14)13(11,2)3/h4-6,10-11H,7H2,1-3H3. The molecule has 98 valence electrons. The van der Waals surface area contributed by atoms with E-state index in [9.17, 15) is 10.1 Å². The molecular formula is C13H16BrNO3. The number of hydrogen-bond acceptors (Lipinski definition) is 3. The van der Waals surface area contributed by atoms with Crippen molar-refractivity contribution in [1.29, 1.82) is 0 Å². The maximum absolute atomic E-state index is 11.1. The SMILES string of the molecule is Cc1cccc(OC2CC(Br)C2(C)C)c1[N+](=O)[O-]. The highest BCUT2D eigenvalue weighted by Gasteiger charge is 2.49. The van der Waals surface area contributed by atoms with Gasteiger partial charge in [0.05, 0.1) is 4.92 Å². The van der Waals surface area contributed by atoms with Gasteiger partial charge in [0, 0.05) is 15.8 Å². The van der Waals surface area contributed by atoms with Gasteiger partial charge in [0.25, 0.3) is 0 Å². The van der Waals surface area contributed by atoms with E-state index in [1.807, 2.05) is 0 Å². The number of alkyl halides is 1. The predicted molar refractivity (Wildman–Crippen MR) is 73.4 cm³/mol. The van der Waals surface area contributed by atoms with Crippen LogP contribution in [0.2, 0.25) is 0 Å². The number of rotatable bonds is 3. The van der Waals surface area contributed by atoms with Crippen LogP contribution in [0.4, 0.5) is 5.69 Å². The van der Waals surface area contributed by atoms with Crippen LogP contribution in [0.3, 0.4) is 0 Å². The van der Waals surface area contributed by atoms with Gasteiger partial charge in [-0.2, -0.15) is 0 Å². The fourth-order valence-corrected chi connectivity index (χ4v) is 2.79. The maximum Gasteiger partial charge on any atom is 0.313 e. The minimum Gasteiger partial charge on any atom is -0.483 e. The molecule has 2 rings (SSSR count). The molecule has 1 aliphatic rings. The van der Waals surface area contributed by atoms with Crippen molar-refractivity contribution in [3.05, 3.63) is 33.9 Å². The molecule has 2 unspecified atom stereocenters. The molecular weight excluding hydrogens is 298 g/mol. The highest BCUT2D eigenvalue weighted by molar-refractivity contribution is 9.09. The Bertz CT molecular complexity index is 487. The van der Waals surface area contributed by atoms with E-state index in [-0.39, 0.29) is 22.1 Å². The van der Waals surface area contributed by atoms with Crippen molar-refractivity contribution in [2.75, 3.05) is 0 Å². The molecule has 0 amide bonds. The molecule has 0 aliphatic heterocycles. The predicted octanol–water partition coefficient (Wildman–Crippen LogP) is 3.84. The molecule has 0 saturated heterocycles. The van der Waals surface area contributed by atoms with Gasteiger partial charge in [-0.15, -0.1) is 0 Å². The van der Waals surface area contributed by atoms with Crippen LogP contribution < -0.4 is 4.74 Å². The zero-order valence-corrected chi connectivity index (χ0v) is 12.2. The summed E-state index contributed by atoms with van der Waals surface area (Å²) < 4.78 is 5.84. The van der Waals surface area contributed by atoms with Crippen molar-refractivity contribution in [3.8, 4) is 5.75 Å². The number of ether oxygens (including phenoxy) is 1. The van der Waals surface area contributed by atoms with Gasteiger partial charge in [-0.3, -0.25) is 10.1 Å². The number of halogens is 1. The Morgan fingerprint density at radius 3 is 2.67 bits per heavy atom. The van der Waals surface area contributed by atoms with Gasteiger partial charge in [-0.1, -0.05) is 41.9 Å². The number of hydrogen-bond donors (Lipinski definition) is 0. The molecule has 2 atom stereocenters. The number of nitro groups is 1. The average Bonchev–Trinajstić information content (AvgIpc) is 2.28. The Morgan fingerprint density at radius 2 is 2.17 bits per heavy atom. The lowest BCUT2D eigenvalue weighted by Gasteiger charge is -2.48. The first kappa shape index (κ1) is 13.3. The number of benzene rings is 1. The Balaban J connectivity index is 2.26. The molecule has 0 aromatic heterocycles. The minimum absolute atomic E-state index is 0.00237. The fraction of sp³-hybridized carbons (Fsp3) is 0.538. The lowest BCUT2D eigenvalue weighted by atomic mass is 9.69. The zero-order valence-electron chi connectivity index (χ0n) is 10.6. The highest BCUT2D eigenvalue weighted by Crippen LogP contribution is 2.48.